The zero-order valence-electron chi connectivity index (χ0n) is 20.4. The average molecular weight is 562 g/mol. The zero-order valence-corrected chi connectivity index (χ0v) is 21.2. The van der Waals surface area contributed by atoms with Gasteiger partial charge in [0.2, 0.25) is 6.43 Å². The predicted molar refractivity (Wildman–Crippen MR) is 136 cm³/mol. The summed E-state index contributed by atoms with van der Waals surface area (Å²) in [6.07, 6.45) is -0.0373. The number of carbonyl (C=O) groups is 2. The molecule has 1 saturated carbocycles. The summed E-state index contributed by atoms with van der Waals surface area (Å²) in [6, 6.07) is 10.8. The highest BCUT2D eigenvalue weighted by Crippen LogP contribution is 2.46. The molecule has 2 N–H and O–H groups in total. The van der Waals surface area contributed by atoms with Crippen molar-refractivity contribution < 1.29 is 32.3 Å². The first-order valence-electron chi connectivity index (χ1n) is 12.3. The summed E-state index contributed by atoms with van der Waals surface area (Å²) in [5, 5.41) is 13.5. The Labute approximate surface area is 226 Å². The number of amides is 2. The van der Waals surface area contributed by atoms with Crippen molar-refractivity contribution in [2.24, 2.45) is 11.8 Å². The number of alkyl halides is 3. The first-order valence-corrected chi connectivity index (χ1v) is 12.8. The summed E-state index contributed by atoms with van der Waals surface area (Å²) >= 11 is 6.65. The molecule has 1 fully saturated rings. The quantitative estimate of drug-likeness (QED) is 0.339. The van der Waals surface area contributed by atoms with E-state index in [9.17, 15) is 32.3 Å². The molecule has 0 saturated heterocycles. The molecule has 3 aromatic rings. The van der Waals surface area contributed by atoms with Crippen LogP contribution in [-0.2, 0) is 10.4 Å². The number of halogens is 5. The van der Waals surface area contributed by atoms with Crippen molar-refractivity contribution in [3.8, 4) is 0 Å². The number of nitrogens with one attached hydrogen (secondary N) is 1. The van der Waals surface area contributed by atoms with Gasteiger partial charge in [-0.15, -0.1) is 11.6 Å². The number of para-hydroxylation sites is 1. The van der Waals surface area contributed by atoms with Gasteiger partial charge in [-0.3, -0.25) is 14.6 Å². The van der Waals surface area contributed by atoms with E-state index in [1.165, 1.54) is 29.4 Å². The first kappa shape index (κ1) is 27.1. The lowest BCUT2D eigenvalue weighted by Gasteiger charge is -2.40. The van der Waals surface area contributed by atoms with Crippen LogP contribution in [0.25, 0.3) is 0 Å². The maximum absolute atomic E-state index is 14.2. The van der Waals surface area contributed by atoms with Crippen LogP contribution in [-0.4, -0.2) is 46.3 Å². The topological polar surface area (TPSA) is 82.5 Å². The molecule has 2 aromatic carbocycles. The zero-order chi connectivity index (χ0) is 27.9. The number of carbonyl (C=O) groups excluding carboxylic acids is 2. The second kappa shape index (κ2) is 10.6. The third-order valence-corrected chi connectivity index (χ3v) is 8.02. The third kappa shape index (κ3) is 4.98. The van der Waals surface area contributed by atoms with E-state index in [1.54, 1.807) is 24.3 Å². The molecule has 2 aliphatic rings. The van der Waals surface area contributed by atoms with Gasteiger partial charge in [0.15, 0.2) is 5.60 Å². The molecule has 0 bridgehead atoms. The van der Waals surface area contributed by atoms with Crippen LogP contribution in [0.4, 0.5) is 23.2 Å². The van der Waals surface area contributed by atoms with Gasteiger partial charge in [-0.1, -0.05) is 18.2 Å². The molecule has 0 radical (unpaired) electrons. The van der Waals surface area contributed by atoms with Crippen LogP contribution in [0.2, 0.25) is 0 Å². The van der Waals surface area contributed by atoms with Gasteiger partial charge in [-0.05, 0) is 49.1 Å². The second-order valence-electron chi connectivity index (χ2n) is 9.87. The average Bonchev–Trinajstić information content (AvgIpc) is 3.12. The Morgan fingerprint density at radius 2 is 1.85 bits per heavy atom. The fraction of sp³-hybridized carbons (Fsp3) is 0.321. The summed E-state index contributed by atoms with van der Waals surface area (Å²) in [4.78, 5) is 31.4. The van der Waals surface area contributed by atoms with Crippen molar-refractivity contribution >= 4 is 29.1 Å². The summed E-state index contributed by atoms with van der Waals surface area (Å²) in [5.41, 5.74) is -2.02. The van der Waals surface area contributed by atoms with Crippen LogP contribution in [0.3, 0.4) is 0 Å². The number of hydrogen-bond acceptors (Lipinski definition) is 4. The number of hydrogen-bond donors (Lipinski definition) is 2. The largest absolute Gasteiger partial charge is 0.372 e. The number of nitrogens with zero attached hydrogens (tertiary/aromatic N) is 2. The van der Waals surface area contributed by atoms with Gasteiger partial charge in [0.1, 0.15) is 11.6 Å². The number of benzene rings is 2. The molecule has 1 aliphatic carbocycles. The molecule has 0 unspecified atom stereocenters. The number of aliphatic hydroxyl groups is 1. The Morgan fingerprint density at radius 1 is 1.13 bits per heavy atom. The lowest BCUT2D eigenvalue weighted by Crippen LogP contribution is -2.52. The Kier molecular flexibility index (Phi) is 7.35. The van der Waals surface area contributed by atoms with Crippen molar-refractivity contribution in [1.29, 1.82) is 0 Å². The monoisotopic (exact) mass is 561 g/mol. The smallest absolute Gasteiger partial charge is 0.268 e. The minimum atomic E-state index is -2.77. The molecule has 6 nitrogen and oxygen atoms in total. The van der Waals surface area contributed by atoms with Gasteiger partial charge >= 0.3 is 0 Å². The summed E-state index contributed by atoms with van der Waals surface area (Å²) in [7, 11) is 0. The van der Waals surface area contributed by atoms with E-state index in [4.69, 9.17) is 11.6 Å². The standard InChI is InChI=1S/C28H24ClF4N3O3/c29-22-12-23(35-26(37)15-4-3-7-34-13-15)20(25(32)33)8-16(22)14-36-24-6-2-1-5-21(24)28(39,27(36)38)17-9-18(30)11-19(31)10-17/h1-7,9-11,13,16,20,22-23,25,39H,8,12,14H2,(H,35,37)/t16-,20-,22-,23-,28-/m1/s1. The van der Waals surface area contributed by atoms with Crippen LogP contribution >= 0.6 is 11.6 Å². The van der Waals surface area contributed by atoms with Gasteiger partial charge in [0.05, 0.1) is 11.3 Å². The lowest BCUT2D eigenvalue weighted by atomic mass is 9.77. The van der Waals surface area contributed by atoms with Crippen LogP contribution in [0.15, 0.2) is 67.0 Å². The van der Waals surface area contributed by atoms with Gasteiger partial charge in [0.25, 0.3) is 11.8 Å². The van der Waals surface area contributed by atoms with Gasteiger partial charge in [0, 0.05) is 53.5 Å². The Bertz CT molecular complexity index is 1380. The van der Waals surface area contributed by atoms with Crippen LogP contribution in [0.1, 0.15) is 34.3 Å². The Hall–Kier alpha value is -3.50. The molecule has 0 spiro atoms. The number of rotatable bonds is 6. The molecule has 204 valence electrons. The van der Waals surface area contributed by atoms with Crippen molar-refractivity contribution in [2.75, 3.05) is 11.4 Å². The van der Waals surface area contributed by atoms with Crippen molar-refractivity contribution in [2.45, 2.75) is 36.3 Å². The molecular formula is C28H24ClF4N3O3. The highest BCUT2D eigenvalue weighted by atomic mass is 35.5. The van der Waals surface area contributed by atoms with E-state index in [0.29, 0.717) is 11.8 Å². The van der Waals surface area contributed by atoms with Crippen LogP contribution in [0.5, 0.6) is 0 Å². The molecule has 5 rings (SSSR count). The fourth-order valence-corrected chi connectivity index (χ4v) is 5.92. The summed E-state index contributed by atoms with van der Waals surface area (Å²) in [6.45, 7) is -0.114. The van der Waals surface area contributed by atoms with Crippen molar-refractivity contribution in [3.05, 3.63) is 95.3 Å². The Morgan fingerprint density at radius 3 is 2.51 bits per heavy atom. The maximum Gasteiger partial charge on any atom is 0.268 e. The van der Waals surface area contributed by atoms with Crippen LogP contribution in [0, 0.1) is 23.5 Å². The van der Waals surface area contributed by atoms with E-state index < -0.39 is 58.7 Å². The molecule has 2 heterocycles. The minimum absolute atomic E-state index is 0.0241. The number of aromatic nitrogens is 1. The highest BCUT2D eigenvalue weighted by Gasteiger charge is 2.52. The minimum Gasteiger partial charge on any atom is -0.372 e. The van der Waals surface area contributed by atoms with E-state index in [0.717, 1.165) is 12.1 Å². The third-order valence-electron chi connectivity index (χ3n) is 7.48. The van der Waals surface area contributed by atoms with Crippen molar-refractivity contribution in [3.63, 3.8) is 0 Å². The SMILES string of the molecule is O=C(N[C@@H]1C[C@@H](Cl)[C@@H](CN2C(=O)[C@@](O)(c3cc(F)cc(F)c3)c3ccccc32)C[C@H]1C(F)F)c1cccnc1. The highest BCUT2D eigenvalue weighted by molar-refractivity contribution is 6.21. The molecular weight excluding hydrogens is 538 g/mol. The number of pyridine rings is 1. The molecule has 11 heteroatoms. The molecule has 1 aromatic heterocycles. The van der Waals surface area contributed by atoms with E-state index in [2.05, 4.69) is 10.3 Å². The van der Waals surface area contributed by atoms with E-state index in [-0.39, 0.29) is 36.1 Å². The molecule has 2 amide bonds. The lowest BCUT2D eigenvalue weighted by molar-refractivity contribution is -0.132. The van der Waals surface area contributed by atoms with Gasteiger partial charge < -0.3 is 15.3 Å². The first-order chi connectivity index (χ1) is 18.6. The number of anilines is 1. The second-order valence-corrected chi connectivity index (χ2v) is 10.4. The predicted octanol–water partition coefficient (Wildman–Crippen LogP) is 4.64. The van der Waals surface area contributed by atoms with Gasteiger partial charge in [-0.2, -0.15) is 0 Å². The van der Waals surface area contributed by atoms with Gasteiger partial charge in [-0.25, -0.2) is 17.6 Å². The van der Waals surface area contributed by atoms with E-state index >= 15 is 0 Å². The summed E-state index contributed by atoms with van der Waals surface area (Å²) < 4.78 is 56.4. The normalized spacial score (nSPS) is 26.5. The molecule has 1 aliphatic heterocycles. The molecule has 39 heavy (non-hydrogen) atoms. The maximum atomic E-state index is 14.2. The van der Waals surface area contributed by atoms with Crippen LogP contribution < -0.4 is 10.2 Å². The number of fused-ring (bicyclic) bond motifs is 1. The summed E-state index contributed by atoms with van der Waals surface area (Å²) in [5.74, 6) is -5.20. The Balaban J connectivity index is 1.40. The fourth-order valence-electron chi connectivity index (χ4n) is 5.55. The molecule has 5 atom stereocenters. The van der Waals surface area contributed by atoms with E-state index in [1.807, 2.05) is 0 Å². The van der Waals surface area contributed by atoms with Crippen molar-refractivity contribution in [1.82, 2.24) is 10.3 Å².